The summed E-state index contributed by atoms with van der Waals surface area (Å²) in [5.41, 5.74) is 0.724. The first-order valence-corrected chi connectivity index (χ1v) is 4.80. The molecule has 1 heterocycles. The van der Waals surface area contributed by atoms with Gasteiger partial charge in [-0.25, -0.2) is 4.39 Å². The summed E-state index contributed by atoms with van der Waals surface area (Å²) in [7, 11) is 1.62. The molecule has 15 heavy (non-hydrogen) atoms. The molecule has 0 spiro atoms. The Labute approximate surface area is 87.1 Å². The van der Waals surface area contributed by atoms with Crippen molar-refractivity contribution >= 4 is 5.91 Å². The maximum absolute atomic E-state index is 13.0. The van der Waals surface area contributed by atoms with Crippen LogP contribution in [0.1, 0.15) is 18.0 Å². The first-order chi connectivity index (χ1) is 7.09. The van der Waals surface area contributed by atoms with Crippen LogP contribution in [-0.2, 0) is 4.79 Å². The van der Waals surface area contributed by atoms with Gasteiger partial charge in [0.05, 0.1) is 6.04 Å². The third-order valence-electron chi connectivity index (χ3n) is 2.78. The van der Waals surface area contributed by atoms with Gasteiger partial charge < -0.3 is 10.0 Å². The molecule has 1 amide bonds. The summed E-state index contributed by atoms with van der Waals surface area (Å²) in [4.78, 5) is 12.8. The average molecular weight is 209 g/mol. The van der Waals surface area contributed by atoms with Gasteiger partial charge in [-0.1, -0.05) is 12.1 Å². The molecule has 2 atom stereocenters. The lowest BCUT2D eigenvalue weighted by molar-refractivity contribution is -0.134. The number of carbonyl (C=O) groups is 1. The maximum Gasteiger partial charge on any atom is 0.251 e. The zero-order valence-electron chi connectivity index (χ0n) is 8.35. The van der Waals surface area contributed by atoms with E-state index in [9.17, 15) is 14.3 Å². The van der Waals surface area contributed by atoms with Gasteiger partial charge in [0.15, 0.2) is 0 Å². The fraction of sp³-hybridized carbons (Fsp3) is 0.364. The van der Waals surface area contributed by atoms with Gasteiger partial charge in [-0.3, -0.25) is 4.79 Å². The maximum atomic E-state index is 13.0. The van der Waals surface area contributed by atoms with Crippen molar-refractivity contribution in [2.75, 3.05) is 7.05 Å². The zero-order chi connectivity index (χ0) is 11.0. The van der Waals surface area contributed by atoms with Crippen molar-refractivity contribution in [2.24, 2.45) is 0 Å². The van der Waals surface area contributed by atoms with Crippen molar-refractivity contribution < 1.29 is 14.3 Å². The first-order valence-electron chi connectivity index (χ1n) is 4.80. The normalized spacial score (nSPS) is 26.1. The van der Waals surface area contributed by atoms with Crippen LogP contribution in [0.3, 0.4) is 0 Å². The Balaban J connectivity index is 2.29. The number of hydrogen-bond acceptors (Lipinski definition) is 2. The molecule has 0 saturated carbocycles. The highest BCUT2D eigenvalue weighted by Gasteiger charge is 2.36. The van der Waals surface area contributed by atoms with Crippen LogP contribution < -0.4 is 0 Å². The molecule has 0 radical (unpaired) electrons. The van der Waals surface area contributed by atoms with E-state index in [1.54, 1.807) is 19.2 Å². The van der Waals surface area contributed by atoms with E-state index in [1.165, 1.54) is 17.0 Å². The summed E-state index contributed by atoms with van der Waals surface area (Å²) in [6.45, 7) is 0. The number of amides is 1. The van der Waals surface area contributed by atoms with E-state index >= 15 is 0 Å². The minimum atomic E-state index is -0.955. The number of benzene rings is 1. The quantitative estimate of drug-likeness (QED) is 0.752. The summed E-state index contributed by atoms with van der Waals surface area (Å²) in [6.07, 6.45) is -0.623. The van der Waals surface area contributed by atoms with Crippen LogP contribution in [0.2, 0.25) is 0 Å². The van der Waals surface area contributed by atoms with E-state index in [1.807, 2.05) is 0 Å². The van der Waals surface area contributed by atoms with Gasteiger partial charge >= 0.3 is 0 Å². The molecule has 1 fully saturated rings. The molecular formula is C11H12FNO2. The van der Waals surface area contributed by atoms with E-state index in [0.717, 1.165) is 5.56 Å². The zero-order valence-corrected chi connectivity index (χ0v) is 8.35. The van der Waals surface area contributed by atoms with E-state index in [0.29, 0.717) is 6.42 Å². The number of hydrogen-bond donors (Lipinski definition) is 1. The Kier molecular flexibility index (Phi) is 2.44. The standard InChI is InChI=1S/C11H12FNO2/c1-13-9(6-10(14)11(13)15)7-3-2-4-8(12)5-7/h2-5,9-10,14H,6H2,1H3/t9-,10-/m1/s1. The summed E-state index contributed by atoms with van der Waals surface area (Å²) in [5, 5.41) is 9.38. The van der Waals surface area contributed by atoms with Crippen LogP contribution >= 0.6 is 0 Å². The van der Waals surface area contributed by atoms with Crippen LogP contribution in [0, 0.1) is 5.82 Å². The smallest absolute Gasteiger partial charge is 0.251 e. The molecule has 1 aliphatic heterocycles. The van der Waals surface area contributed by atoms with Crippen molar-refractivity contribution in [1.29, 1.82) is 0 Å². The lowest BCUT2D eigenvalue weighted by Gasteiger charge is -2.19. The van der Waals surface area contributed by atoms with Crippen LogP contribution in [-0.4, -0.2) is 29.1 Å². The second kappa shape index (κ2) is 3.62. The molecule has 0 aliphatic carbocycles. The molecule has 1 aromatic carbocycles. The number of halogens is 1. The Bertz CT molecular complexity index is 394. The lowest BCUT2D eigenvalue weighted by atomic mass is 10.0. The Morgan fingerprint density at radius 2 is 2.27 bits per heavy atom. The number of likely N-dealkylation sites (N-methyl/N-ethyl adjacent to an activating group) is 1. The molecule has 1 aliphatic rings. The molecule has 1 N–H and O–H groups in total. The number of aliphatic hydroxyl groups is 1. The third-order valence-corrected chi connectivity index (χ3v) is 2.78. The monoisotopic (exact) mass is 209 g/mol. The molecule has 4 heteroatoms. The minimum absolute atomic E-state index is 0.219. The fourth-order valence-electron chi connectivity index (χ4n) is 1.93. The Hall–Kier alpha value is -1.42. The van der Waals surface area contributed by atoms with E-state index < -0.39 is 6.10 Å². The number of aliphatic hydroxyl groups excluding tert-OH is 1. The van der Waals surface area contributed by atoms with Crippen LogP contribution in [0.25, 0.3) is 0 Å². The molecule has 1 saturated heterocycles. The van der Waals surface area contributed by atoms with Crippen LogP contribution in [0.15, 0.2) is 24.3 Å². The largest absolute Gasteiger partial charge is 0.383 e. The number of carbonyl (C=O) groups excluding carboxylic acids is 1. The summed E-state index contributed by atoms with van der Waals surface area (Å²) < 4.78 is 13.0. The molecule has 0 bridgehead atoms. The van der Waals surface area contributed by atoms with Crippen molar-refractivity contribution in [3.05, 3.63) is 35.6 Å². The average Bonchev–Trinajstić information content (AvgIpc) is 2.46. The van der Waals surface area contributed by atoms with E-state index in [-0.39, 0.29) is 17.8 Å². The highest BCUT2D eigenvalue weighted by atomic mass is 19.1. The lowest BCUT2D eigenvalue weighted by Crippen LogP contribution is -2.26. The number of nitrogens with zero attached hydrogens (tertiary/aromatic N) is 1. The number of likely N-dealkylation sites (tertiary alicyclic amines) is 1. The summed E-state index contributed by atoms with van der Waals surface area (Å²) >= 11 is 0. The van der Waals surface area contributed by atoms with Gasteiger partial charge in [0.2, 0.25) is 0 Å². The topological polar surface area (TPSA) is 40.5 Å². The van der Waals surface area contributed by atoms with Crippen molar-refractivity contribution in [3.8, 4) is 0 Å². The highest BCUT2D eigenvalue weighted by molar-refractivity contribution is 5.83. The third kappa shape index (κ3) is 1.72. The molecule has 0 unspecified atom stereocenters. The van der Waals surface area contributed by atoms with Crippen molar-refractivity contribution in [3.63, 3.8) is 0 Å². The van der Waals surface area contributed by atoms with E-state index in [4.69, 9.17) is 0 Å². The Morgan fingerprint density at radius 3 is 2.80 bits per heavy atom. The van der Waals surface area contributed by atoms with Crippen molar-refractivity contribution in [2.45, 2.75) is 18.6 Å². The first kappa shape index (κ1) is 10.1. The molecule has 1 aromatic rings. The predicted molar refractivity (Wildman–Crippen MR) is 52.5 cm³/mol. The molecule has 3 nitrogen and oxygen atoms in total. The van der Waals surface area contributed by atoms with Crippen LogP contribution in [0.5, 0.6) is 0 Å². The minimum Gasteiger partial charge on any atom is -0.383 e. The second-order valence-corrected chi connectivity index (χ2v) is 3.77. The predicted octanol–water partition coefficient (Wildman–Crippen LogP) is 1.09. The Morgan fingerprint density at radius 1 is 1.53 bits per heavy atom. The van der Waals surface area contributed by atoms with Crippen molar-refractivity contribution in [1.82, 2.24) is 4.90 Å². The summed E-state index contributed by atoms with van der Waals surface area (Å²) in [6, 6.07) is 5.90. The molecule has 80 valence electrons. The summed E-state index contributed by atoms with van der Waals surface area (Å²) in [5.74, 6) is -0.626. The van der Waals surface area contributed by atoms with Gasteiger partial charge in [0.1, 0.15) is 11.9 Å². The van der Waals surface area contributed by atoms with Gasteiger partial charge in [0.25, 0.3) is 5.91 Å². The SMILES string of the molecule is CN1C(=O)[C@H](O)C[C@@H]1c1cccc(F)c1. The van der Waals surface area contributed by atoms with Gasteiger partial charge in [-0.15, -0.1) is 0 Å². The van der Waals surface area contributed by atoms with Gasteiger partial charge in [-0.2, -0.15) is 0 Å². The molecular weight excluding hydrogens is 197 g/mol. The van der Waals surface area contributed by atoms with Crippen LogP contribution in [0.4, 0.5) is 4.39 Å². The highest BCUT2D eigenvalue weighted by Crippen LogP contribution is 2.31. The van der Waals surface area contributed by atoms with Gasteiger partial charge in [0, 0.05) is 13.5 Å². The fourth-order valence-corrected chi connectivity index (χ4v) is 1.93. The van der Waals surface area contributed by atoms with Gasteiger partial charge in [-0.05, 0) is 17.7 Å². The van der Waals surface area contributed by atoms with E-state index in [2.05, 4.69) is 0 Å². The number of rotatable bonds is 1. The second-order valence-electron chi connectivity index (χ2n) is 3.77. The molecule has 0 aromatic heterocycles. The molecule has 2 rings (SSSR count).